The molecule has 3 aromatic rings. The molecule has 5 rings (SSSR count). The number of hydrogen-bond acceptors (Lipinski definition) is 3. The van der Waals surface area contributed by atoms with Gasteiger partial charge in [-0.2, -0.15) is 0 Å². The number of nitrogens with zero attached hydrogens (tertiary/aromatic N) is 4. The Morgan fingerprint density at radius 1 is 1.19 bits per heavy atom. The lowest BCUT2D eigenvalue weighted by Gasteiger charge is -2.35. The molecule has 26 heavy (non-hydrogen) atoms. The SMILES string of the molecule is O=C(Cn1cc(C2CC2)nn1)N1CCCCC1c1cc2ccccc2[nH]1. The molecule has 0 radical (unpaired) electrons. The zero-order chi connectivity index (χ0) is 17.5. The highest BCUT2D eigenvalue weighted by molar-refractivity contribution is 5.81. The molecule has 2 aromatic heterocycles. The number of hydrogen-bond donors (Lipinski definition) is 1. The summed E-state index contributed by atoms with van der Waals surface area (Å²) in [5, 5.41) is 9.57. The molecular formula is C20H23N5O. The van der Waals surface area contributed by atoms with Gasteiger partial charge in [0, 0.05) is 29.9 Å². The maximum Gasteiger partial charge on any atom is 0.244 e. The van der Waals surface area contributed by atoms with E-state index in [0.29, 0.717) is 5.92 Å². The number of para-hydroxylation sites is 1. The second-order valence-corrected chi connectivity index (χ2v) is 7.53. The largest absolute Gasteiger partial charge is 0.357 e. The lowest BCUT2D eigenvalue weighted by atomic mass is 9.99. The number of fused-ring (bicyclic) bond motifs is 1. The molecule has 1 aromatic carbocycles. The first-order valence-corrected chi connectivity index (χ1v) is 9.55. The lowest BCUT2D eigenvalue weighted by molar-refractivity contribution is -0.136. The molecule has 3 heterocycles. The molecule has 1 N–H and O–H groups in total. The number of likely N-dealkylation sites (tertiary alicyclic amines) is 1. The summed E-state index contributed by atoms with van der Waals surface area (Å²) in [6.45, 7) is 1.08. The normalized spacial score (nSPS) is 20.6. The number of carbonyl (C=O) groups excluding carboxylic acids is 1. The number of nitrogens with one attached hydrogen (secondary N) is 1. The fourth-order valence-corrected chi connectivity index (χ4v) is 4.01. The van der Waals surface area contributed by atoms with Crippen LogP contribution in [0.3, 0.4) is 0 Å². The van der Waals surface area contributed by atoms with Gasteiger partial charge in [0.25, 0.3) is 0 Å². The van der Waals surface area contributed by atoms with Crippen molar-refractivity contribution in [3.05, 3.63) is 47.9 Å². The molecule has 1 unspecified atom stereocenters. The number of rotatable bonds is 4. The van der Waals surface area contributed by atoms with Crippen LogP contribution >= 0.6 is 0 Å². The van der Waals surface area contributed by atoms with Crippen molar-refractivity contribution in [2.24, 2.45) is 0 Å². The molecule has 134 valence electrons. The van der Waals surface area contributed by atoms with Crippen molar-refractivity contribution < 1.29 is 4.79 Å². The average molecular weight is 349 g/mol. The van der Waals surface area contributed by atoms with Gasteiger partial charge in [-0.05, 0) is 49.6 Å². The fraction of sp³-hybridized carbons (Fsp3) is 0.450. The predicted octanol–water partition coefficient (Wildman–Crippen LogP) is 3.39. The number of aromatic amines is 1. The minimum absolute atomic E-state index is 0.120. The molecular weight excluding hydrogens is 326 g/mol. The van der Waals surface area contributed by atoms with Crippen LogP contribution in [-0.2, 0) is 11.3 Å². The van der Waals surface area contributed by atoms with E-state index in [9.17, 15) is 4.79 Å². The van der Waals surface area contributed by atoms with E-state index in [0.717, 1.165) is 42.7 Å². The molecule has 1 saturated heterocycles. The van der Waals surface area contributed by atoms with Crippen molar-refractivity contribution in [2.45, 2.75) is 50.6 Å². The van der Waals surface area contributed by atoms with Crippen LogP contribution in [0.2, 0.25) is 0 Å². The monoisotopic (exact) mass is 349 g/mol. The Labute approximate surface area is 152 Å². The highest BCUT2D eigenvalue weighted by Crippen LogP contribution is 2.38. The van der Waals surface area contributed by atoms with E-state index in [2.05, 4.69) is 33.5 Å². The number of piperidine rings is 1. The Hall–Kier alpha value is -2.63. The maximum atomic E-state index is 13.0. The molecule has 0 spiro atoms. The van der Waals surface area contributed by atoms with Gasteiger partial charge in [0.05, 0.1) is 11.7 Å². The molecule has 1 saturated carbocycles. The molecule has 1 aliphatic carbocycles. The predicted molar refractivity (Wildman–Crippen MR) is 98.6 cm³/mol. The quantitative estimate of drug-likeness (QED) is 0.785. The number of aromatic nitrogens is 4. The third kappa shape index (κ3) is 2.89. The van der Waals surface area contributed by atoms with E-state index < -0.39 is 0 Å². The van der Waals surface area contributed by atoms with Crippen LogP contribution in [0.5, 0.6) is 0 Å². The second kappa shape index (κ2) is 6.27. The summed E-state index contributed by atoms with van der Waals surface area (Å²) in [4.78, 5) is 18.5. The van der Waals surface area contributed by atoms with Crippen molar-refractivity contribution in [1.29, 1.82) is 0 Å². The Morgan fingerprint density at radius 3 is 2.92 bits per heavy atom. The van der Waals surface area contributed by atoms with E-state index in [1.807, 2.05) is 23.2 Å². The summed E-state index contributed by atoms with van der Waals surface area (Å²) < 4.78 is 1.70. The van der Waals surface area contributed by atoms with Crippen LogP contribution in [0, 0.1) is 0 Å². The smallest absolute Gasteiger partial charge is 0.244 e. The van der Waals surface area contributed by atoms with Crippen LogP contribution in [0.1, 0.15) is 55.5 Å². The number of H-pyrrole nitrogens is 1. The molecule has 1 amide bonds. The summed E-state index contributed by atoms with van der Waals surface area (Å²) in [5.41, 5.74) is 3.30. The van der Waals surface area contributed by atoms with E-state index in [-0.39, 0.29) is 18.5 Å². The molecule has 0 bridgehead atoms. The summed E-state index contributed by atoms with van der Waals surface area (Å²) >= 11 is 0. The van der Waals surface area contributed by atoms with Crippen LogP contribution in [0.4, 0.5) is 0 Å². The van der Waals surface area contributed by atoms with E-state index in [1.54, 1.807) is 4.68 Å². The third-order valence-corrected chi connectivity index (χ3v) is 5.58. The van der Waals surface area contributed by atoms with E-state index in [1.165, 1.54) is 18.2 Å². The van der Waals surface area contributed by atoms with Crippen LogP contribution in [0.15, 0.2) is 36.5 Å². The van der Waals surface area contributed by atoms with Crippen LogP contribution < -0.4 is 0 Å². The van der Waals surface area contributed by atoms with Crippen molar-refractivity contribution in [1.82, 2.24) is 24.9 Å². The van der Waals surface area contributed by atoms with Gasteiger partial charge in [0.15, 0.2) is 0 Å². The Bertz CT molecular complexity index is 905. The van der Waals surface area contributed by atoms with Crippen LogP contribution in [-0.4, -0.2) is 37.3 Å². The summed E-state index contributed by atoms with van der Waals surface area (Å²) in [6, 6.07) is 10.6. The van der Waals surface area contributed by atoms with E-state index in [4.69, 9.17) is 0 Å². The molecule has 1 aliphatic heterocycles. The van der Waals surface area contributed by atoms with Gasteiger partial charge >= 0.3 is 0 Å². The summed E-state index contributed by atoms with van der Waals surface area (Å²) in [6.07, 6.45) is 7.55. The minimum atomic E-state index is 0.120. The first-order chi connectivity index (χ1) is 12.8. The summed E-state index contributed by atoms with van der Waals surface area (Å²) in [7, 11) is 0. The van der Waals surface area contributed by atoms with Crippen molar-refractivity contribution in [2.75, 3.05) is 6.54 Å². The average Bonchev–Trinajstić information content (AvgIpc) is 3.26. The molecule has 6 nitrogen and oxygen atoms in total. The van der Waals surface area contributed by atoms with Gasteiger partial charge in [-0.25, -0.2) is 4.68 Å². The van der Waals surface area contributed by atoms with Gasteiger partial charge in [0.1, 0.15) is 6.54 Å². The zero-order valence-electron chi connectivity index (χ0n) is 14.8. The first kappa shape index (κ1) is 15.6. The van der Waals surface area contributed by atoms with Gasteiger partial charge < -0.3 is 9.88 Å². The van der Waals surface area contributed by atoms with Crippen molar-refractivity contribution in [3.8, 4) is 0 Å². The molecule has 1 atom stereocenters. The Kier molecular flexibility index (Phi) is 3.76. The minimum Gasteiger partial charge on any atom is -0.357 e. The summed E-state index contributed by atoms with van der Waals surface area (Å²) in [5.74, 6) is 0.688. The number of amides is 1. The first-order valence-electron chi connectivity index (χ1n) is 9.55. The lowest BCUT2D eigenvalue weighted by Crippen LogP contribution is -2.40. The van der Waals surface area contributed by atoms with Crippen molar-refractivity contribution >= 4 is 16.8 Å². The van der Waals surface area contributed by atoms with Gasteiger partial charge in [-0.15, -0.1) is 5.10 Å². The highest BCUT2D eigenvalue weighted by Gasteiger charge is 2.30. The molecule has 2 aliphatic rings. The van der Waals surface area contributed by atoms with E-state index >= 15 is 0 Å². The molecule has 6 heteroatoms. The van der Waals surface area contributed by atoms with Gasteiger partial charge in [-0.3, -0.25) is 4.79 Å². The second-order valence-electron chi connectivity index (χ2n) is 7.53. The molecule has 2 fully saturated rings. The standard InChI is InChI=1S/C20H23N5O/c26-20(13-24-12-18(22-23-24)14-8-9-14)25-10-4-3-7-19(25)17-11-15-5-1-2-6-16(15)21-17/h1-2,5-6,11-12,14,19,21H,3-4,7-10,13H2. The third-order valence-electron chi connectivity index (χ3n) is 5.58. The van der Waals surface area contributed by atoms with Gasteiger partial charge in [0.2, 0.25) is 5.91 Å². The fourth-order valence-electron chi connectivity index (χ4n) is 4.01. The Morgan fingerprint density at radius 2 is 2.08 bits per heavy atom. The topological polar surface area (TPSA) is 66.8 Å². The number of benzene rings is 1. The van der Waals surface area contributed by atoms with Gasteiger partial charge in [-0.1, -0.05) is 23.4 Å². The van der Waals surface area contributed by atoms with Crippen LogP contribution in [0.25, 0.3) is 10.9 Å². The van der Waals surface area contributed by atoms with Crippen molar-refractivity contribution in [3.63, 3.8) is 0 Å². The highest BCUT2D eigenvalue weighted by atomic mass is 16.2. The Balaban J connectivity index is 1.36. The number of carbonyl (C=O) groups is 1. The zero-order valence-corrected chi connectivity index (χ0v) is 14.8. The maximum absolute atomic E-state index is 13.0.